The fraction of sp³-hybridized carbons (Fsp3) is 0.588. The molecular weight excluding hydrogens is 280 g/mol. The molecule has 0 atom stereocenters. The van der Waals surface area contributed by atoms with Crippen LogP contribution in [0.25, 0.3) is 0 Å². The summed E-state index contributed by atoms with van der Waals surface area (Å²) in [5.41, 5.74) is 0.493. The fourth-order valence-corrected chi connectivity index (χ4v) is 2.53. The average molecular weight is 306 g/mol. The Labute approximate surface area is 132 Å². The summed E-state index contributed by atoms with van der Waals surface area (Å²) in [7, 11) is 0. The van der Waals surface area contributed by atoms with Gasteiger partial charge >= 0.3 is 6.03 Å². The molecule has 5 heteroatoms. The number of hydrogen-bond acceptors (Lipinski definition) is 3. The third-order valence-electron chi connectivity index (χ3n) is 3.57. The van der Waals surface area contributed by atoms with E-state index in [0.717, 1.165) is 37.1 Å². The van der Waals surface area contributed by atoms with Crippen molar-refractivity contribution in [2.45, 2.75) is 64.2 Å². The highest BCUT2D eigenvalue weighted by Crippen LogP contribution is 2.21. The molecule has 3 N–H and O–H groups in total. The van der Waals surface area contributed by atoms with Gasteiger partial charge in [0.15, 0.2) is 0 Å². The van der Waals surface area contributed by atoms with Crippen molar-refractivity contribution >= 4 is 11.7 Å². The number of ether oxygens (including phenoxy) is 1. The quantitative estimate of drug-likeness (QED) is 0.802. The Kier molecular flexibility index (Phi) is 5.29. The lowest BCUT2D eigenvalue weighted by Gasteiger charge is -2.26. The first-order valence-electron chi connectivity index (χ1n) is 7.86. The van der Waals surface area contributed by atoms with Crippen molar-refractivity contribution in [1.82, 2.24) is 5.32 Å². The summed E-state index contributed by atoms with van der Waals surface area (Å²) in [4.78, 5) is 12.0. The minimum atomic E-state index is -0.238. The van der Waals surface area contributed by atoms with E-state index in [2.05, 4.69) is 10.6 Å². The van der Waals surface area contributed by atoms with Crippen LogP contribution in [-0.2, 0) is 0 Å². The van der Waals surface area contributed by atoms with Crippen molar-refractivity contribution in [3.05, 3.63) is 24.3 Å². The summed E-state index contributed by atoms with van der Waals surface area (Å²) in [5, 5.41) is 15.2. The molecule has 22 heavy (non-hydrogen) atoms. The predicted octanol–water partition coefficient (Wildman–Crippen LogP) is 3.29. The number of rotatable bonds is 3. The molecule has 5 nitrogen and oxygen atoms in total. The van der Waals surface area contributed by atoms with E-state index in [-0.39, 0.29) is 23.8 Å². The number of carbonyl (C=O) groups excluding carboxylic acids is 1. The Morgan fingerprint density at radius 3 is 2.27 bits per heavy atom. The third-order valence-corrected chi connectivity index (χ3v) is 3.57. The van der Waals surface area contributed by atoms with E-state index >= 15 is 0 Å². The molecular formula is C17H26N2O3. The number of nitrogens with one attached hydrogen (secondary N) is 2. The number of aliphatic hydroxyl groups excluding tert-OH is 1. The highest BCUT2D eigenvalue weighted by atomic mass is 16.5. The van der Waals surface area contributed by atoms with Gasteiger partial charge in [-0.1, -0.05) is 0 Å². The van der Waals surface area contributed by atoms with Crippen LogP contribution in [0.4, 0.5) is 10.5 Å². The maximum Gasteiger partial charge on any atom is 0.319 e. The molecule has 0 spiro atoms. The van der Waals surface area contributed by atoms with Gasteiger partial charge in [0.2, 0.25) is 0 Å². The van der Waals surface area contributed by atoms with Crippen molar-refractivity contribution in [2.24, 2.45) is 0 Å². The van der Waals surface area contributed by atoms with Crippen molar-refractivity contribution < 1.29 is 14.6 Å². The summed E-state index contributed by atoms with van der Waals surface area (Å²) in [6, 6.07) is 7.28. The van der Waals surface area contributed by atoms with Gasteiger partial charge in [-0.15, -0.1) is 0 Å². The second kappa shape index (κ2) is 7.01. The van der Waals surface area contributed by atoms with Gasteiger partial charge in [-0.3, -0.25) is 0 Å². The van der Waals surface area contributed by atoms with Gasteiger partial charge < -0.3 is 20.5 Å². The van der Waals surface area contributed by atoms with Crippen molar-refractivity contribution in [3.63, 3.8) is 0 Å². The normalized spacial score (nSPS) is 22.0. The van der Waals surface area contributed by atoms with Crippen LogP contribution < -0.4 is 15.4 Å². The second-order valence-electron chi connectivity index (χ2n) is 6.84. The minimum Gasteiger partial charge on any atom is -0.488 e. The molecule has 0 aromatic heterocycles. The summed E-state index contributed by atoms with van der Waals surface area (Å²) < 4.78 is 5.74. The first-order valence-corrected chi connectivity index (χ1v) is 7.86. The Morgan fingerprint density at radius 2 is 1.73 bits per heavy atom. The van der Waals surface area contributed by atoms with E-state index in [9.17, 15) is 9.90 Å². The van der Waals surface area contributed by atoms with Crippen LogP contribution >= 0.6 is 0 Å². The van der Waals surface area contributed by atoms with Crippen LogP contribution in [-0.4, -0.2) is 28.9 Å². The Morgan fingerprint density at radius 1 is 1.14 bits per heavy atom. The van der Waals surface area contributed by atoms with E-state index in [1.54, 1.807) is 0 Å². The summed E-state index contributed by atoms with van der Waals surface area (Å²) in [6.45, 7) is 5.98. The maximum atomic E-state index is 12.0. The molecule has 0 heterocycles. The Bertz CT molecular complexity index is 486. The molecule has 0 radical (unpaired) electrons. The monoisotopic (exact) mass is 306 g/mol. The lowest BCUT2D eigenvalue weighted by Crippen LogP contribution is -2.40. The molecule has 1 aliphatic rings. The molecule has 1 aromatic carbocycles. The van der Waals surface area contributed by atoms with E-state index in [0.29, 0.717) is 0 Å². The zero-order valence-corrected chi connectivity index (χ0v) is 13.6. The molecule has 0 unspecified atom stereocenters. The van der Waals surface area contributed by atoms with Crippen LogP contribution in [0, 0.1) is 0 Å². The van der Waals surface area contributed by atoms with Crippen molar-refractivity contribution in [3.8, 4) is 5.75 Å². The van der Waals surface area contributed by atoms with Gasteiger partial charge in [-0.05, 0) is 70.7 Å². The van der Waals surface area contributed by atoms with Crippen LogP contribution in [0.2, 0.25) is 0 Å². The van der Waals surface area contributed by atoms with Gasteiger partial charge in [-0.2, -0.15) is 0 Å². The van der Waals surface area contributed by atoms with Gasteiger partial charge in [0.1, 0.15) is 11.4 Å². The molecule has 0 saturated heterocycles. The lowest BCUT2D eigenvalue weighted by atomic mass is 9.93. The van der Waals surface area contributed by atoms with E-state index in [4.69, 9.17) is 4.74 Å². The molecule has 1 aliphatic carbocycles. The van der Waals surface area contributed by atoms with Crippen molar-refractivity contribution in [2.75, 3.05) is 5.32 Å². The zero-order chi connectivity index (χ0) is 16.2. The standard InChI is InChI=1S/C17H26N2O3/c1-17(2,3)22-15-10-6-13(7-11-15)19-16(21)18-12-4-8-14(20)9-5-12/h6-7,10-12,14,20H,4-5,8-9H2,1-3H3,(H2,18,19,21). The summed E-state index contributed by atoms with van der Waals surface area (Å²) in [5.74, 6) is 0.778. The number of benzene rings is 1. The topological polar surface area (TPSA) is 70.6 Å². The first kappa shape index (κ1) is 16.6. The Balaban J connectivity index is 1.81. The highest BCUT2D eigenvalue weighted by Gasteiger charge is 2.20. The number of amides is 2. The molecule has 2 amide bonds. The molecule has 1 aromatic rings. The van der Waals surface area contributed by atoms with Crippen LogP contribution in [0.5, 0.6) is 5.75 Å². The largest absolute Gasteiger partial charge is 0.488 e. The number of aliphatic hydroxyl groups is 1. The molecule has 122 valence electrons. The number of carbonyl (C=O) groups is 1. The number of anilines is 1. The third kappa shape index (κ3) is 5.56. The van der Waals surface area contributed by atoms with E-state index in [1.807, 2.05) is 45.0 Å². The van der Waals surface area contributed by atoms with Crippen LogP contribution in [0.15, 0.2) is 24.3 Å². The molecule has 1 saturated carbocycles. The lowest BCUT2D eigenvalue weighted by molar-refractivity contribution is 0.118. The maximum absolute atomic E-state index is 12.0. The smallest absolute Gasteiger partial charge is 0.319 e. The first-order chi connectivity index (χ1) is 10.3. The van der Waals surface area contributed by atoms with Gasteiger partial charge in [0, 0.05) is 11.7 Å². The molecule has 0 bridgehead atoms. The van der Waals surface area contributed by atoms with E-state index in [1.165, 1.54) is 0 Å². The number of urea groups is 1. The van der Waals surface area contributed by atoms with Crippen LogP contribution in [0.1, 0.15) is 46.5 Å². The Hall–Kier alpha value is -1.75. The highest BCUT2D eigenvalue weighted by molar-refractivity contribution is 5.89. The summed E-state index contributed by atoms with van der Waals surface area (Å²) in [6.07, 6.45) is 2.95. The van der Waals surface area contributed by atoms with E-state index < -0.39 is 0 Å². The summed E-state index contributed by atoms with van der Waals surface area (Å²) >= 11 is 0. The van der Waals surface area contributed by atoms with Gasteiger partial charge in [-0.25, -0.2) is 4.79 Å². The fourth-order valence-electron chi connectivity index (χ4n) is 2.53. The molecule has 2 rings (SSSR count). The molecule has 1 fully saturated rings. The van der Waals surface area contributed by atoms with Crippen LogP contribution in [0.3, 0.4) is 0 Å². The average Bonchev–Trinajstić information content (AvgIpc) is 2.42. The second-order valence-corrected chi connectivity index (χ2v) is 6.84. The van der Waals surface area contributed by atoms with Crippen molar-refractivity contribution in [1.29, 1.82) is 0 Å². The van der Waals surface area contributed by atoms with Gasteiger partial charge in [0.05, 0.1) is 6.10 Å². The number of hydrogen-bond donors (Lipinski definition) is 3. The zero-order valence-electron chi connectivity index (χ0n) is 13.6. The SMILES string of the molecule is CC(C)(C)Oc1ccc(NC(=O)NC2CCC(O)CC2)cc1. The molecule has 0 aliphatic heterocycles. The predicted molar refractivity (Wildman–Crippen MR) is 87.2 cm³/mol. The minimum absolute atomic E-state index is 0.145. The van der Waals surface area contributed by atoms with Gasteiger partial charge in [0.25, 0.3) is 0 Å².